The monoisotopic (exact) mass is 477 g/mol. The second kappa shape index (κ2) is 9.35. The van der Waals surface area contributed by atoms with Crippen LogP contribution in [0.1, 0.15) is 71.1 Å². The van der Waals surface area contributed by atoms with E-state index >= 15 is 0 Å². The zero-order chi connectivity index (χ0) is 23.0. The van der Waals surface area contributed by atoms with Gasteiger partial charge in [0.1, 0.15) is 12.0 Å². The van der Waals surface area contributed by atoms with Crippen molar-refractivity contribution >= 4 is 24.0 Å². The molecule has 0 saturated heterocycles. The van der Waals surface area contributed by atoms with Gasteiger partial charge in [0.15, 0.2) is 0 Å². The van der Waals surface area contributed by atoms with E-state index < -0.39 is 23.3 Å². The van der Waals surface area contributed by atoms with Crippen molar-refractivity contribution in [2.45, 2.75) is 76.4 Å². The summed E-state index contributed by atoms with van der Waals surface area (Å²) in [6.07, 6.45) is 9.25. The molecule has 0 N–H and O–H groups in total. The lowest BCUT2D eigenvalue weighted by atomic mass is 9.44. The number of hydrogen-bond acceptors (Lipinski definition) is 8. The smallest absolute Gasteiger partial charge is 0.415 e. The maximum atomic E-state index is 13.7. The lowest BCUT2D eigenvalue weighted by Crippen LogP contribution is -2.55. The molecule has 5 aliphatic rings. The molecular formula is C22H31F2O7S-. The third-order valence-corrected chi connectivity index (χ3v) is 8.59. The molecule has 0 heterocycles. The Labute approximate surface area is 190 Å². The molecule has 0 spiro atoms. The molecule has 32 heavy (non-hydrogen) atoms. The van der Waals surface area contributed by atoms with E-state index in [4.69, 9.17) is 9.47 Å². The van der Waals surface area contributed by atoms with Crippen molar-refractivity contribution in [1.29, 1.82) is 0 Å². The van der Waals surface area contributed by atoms with E-state index in [0.717, 1.165) is 57.8 Å². The molecule has 5 saturated carbocycles. The second-order valence-corrected chi connectivity index (χ2v) is 11.7. The van der Waals surface area contributed by atoms with E-state index in [1.54, 1.807) is 0 Å². The van der Waals surface area contributed by atoms with E-state index in [2.05, 4.69) is 16.3 Å². The molecule has 7 nitrogen and oxygen atoms in total. The third-order valence-electron chi connectivity index (χ3n) is 8.09. The second-order valence-electron chi connectivity index (χ2n) is 10.8. The summed E-state index contributed by atoms with van der Waals surface area (Å²) in [4.78, 5) is 24.5. The Bertz CT molecular complexity index is 696. The first-order chi connectivity index (χ1) is 15.1. The summed E-state index contributed by atoms with van der Waals surface area (Å²) < 4.78 is 41.9. The molecule has 0 radical (unpaired) electrons. The van der Waals surface area contributed by atoms with Gasteiger partial charge in [0, 0.05) is 10.8 Å². The zero-order valence-corrected chi connectivity index (χ0v) is 19.1. The third kappa shape index (κ3) is 5.23. The van der Waals surface area contributed by atoms with Gasteiger partial charge >= 0.3 is 17.2 Å². The van der Waals surface area contributed by atoms with Crippen LogP contribution >= 0.6 is 12.0 Å². The fourth-order valence-corrected chi connectivity index (χ4v) is 7.46. The number of hydrogen-bond donors (Lipinski definition) is 0. The van der Waals surface area contributed by atoms with E-state index in [0.29, 0.717) is 30.8 Å². The number of carbonyl (C=O) groups is 2. The first-order valence-corrected chi connectivity index (χ1v) is 12.2. The van der Waals surface area contributed by atoms with Gasteiger partial charge in [-0.15, -0.1) is 0 Å². The average Bonchev–Trinajstić information content (AvgIpc) is 2.74. The SMILES string of the molecule is CC1CCC(C(=O)OCC23CC4CC(C2)CC(COC(=O)C(F)(F)SOO[O-])(C4)C3)CC1. The minimum absolute atomic E-state index is 0.0184. The number of alkyl halides is 2. The van der Waals surface area contributed by atoms with Crippen LogP contribution in [-0.2, 0) is 28.4 Å². The first-order valence-electron chi connectivity index (χ1n) is 11.5. The number of ether oxygens (including phenoxy) is 2. The highest BCUT2D eigenvalue weighted by molar-refractivity contribution is 7.96. The molecular weight excluding hydrogens is 446 g/mol. The number of esters is 2. The molecule has 0 aromatic rings. The van der Waals surface area contributed by atoms with E-state index in [9.17, 15) is 23.6 Å². The molecule has 2 unspecified atom stereocenters. The molecule has 0 aromatic heterocycles. The number of carbonyl (C=O) groups excluding carboxylic acids is 2. The number of halogens is 2. The van der Waals surface area contributed by atoms with Gasteiger partial charge in [-0.1, -0.05) is 6.92 Å². The van der Waals surface area contributed by atoms with Crippen LogP contribution in [0.4, 0.5) is 8.78 Å². The van der Waals surface area contributed by atoms with Crippen LogP contribution in [-0.4, -0.2) is 30.4 Å². The van der Waals surface area contributed by atoms with Gasteiger partial charge in [-0.3, -0.25) is 9.83 Å². The van der Waals surface area contributed by atoms with Crippen LogP contribution in [0, 0.1) is 34.5 Å². The van der Waals surface area contributed by atoms with Crippen molar-refractivity contribution in [3.63, 3.8) is 0 Å². The Balaban J connectivity index is 1.35. The largest absolute Gasteiger partial charge is 0.691 e. The summed E-state index contributed by atoms with van der Waals surface area (Å²) in [6, 6.07) is 0. The normalized spacial score (nSPS) is 38.5. The molecule has 5 fully saturated rings. The highest BCUT2D eigenvalue weighted by Crippen LogP contribution is 2.65. The molecule has 10 heteroatoms. The standard InChI is InChI=1S/C22H32F2O7S/c1-14-2-4-17(5-3-14)18(25)28-12-20-7-15-6-16(8-20)10-21(9-15,11-20)13-29-19(26)22(23,24)32-31-30-27/h14-17,27H,2-13H2,1H3/p-1. The lowest BCUT2D eigenvalue weighted by Gasteiger charge is -2.61. The zero-order valence-electron chi connectivity index (χ0n) is 18.3. The minimum atomic E-state index is -4.03. The maximum absolute atomic E-state index is 13.7. The van der Waals surface area contributed by atoms with Crippen molar-refractivity contribution in [3.8, 4) is 0 Å². The molecule has 0 aliphatic heterocycles. The van der Waals surface area contributed by atoms with Crippen molar-refractivity contribution < 1.29 is 42.5 Å². The van der Waals surface area contributed by atoms with E-state index in [-0.39, 0.29) is 29.3 Å². The summed E-state index contributed by atoms with van der Waals surface area (Å²) in [6.45, 7) is 2.47. The summed E-state index contributed by atoms with van der Waals surface area (Å²) in [5.41, 5.74) is -0.534. The van der Waals surface area contributed by atoms with Gasteiger partial charge in [-0.05, 0) is 82.0 Å². The van der Waals surface area contributed by atoms with Crippen LogP contribution in [0.15, 0.2) is 0 Å². The predicted octanol–water partition coefficient (Wildman–Crippen LogP) is 3.95. The van der Waals surface area contributed by atoms with E-state index in [1.807, 2.05) is 0 Å². The predicted molar refractivity (Wildman–Crippen MR) is 107 cm³/mol. The molecule has 5 rings (SSSR count). The molecule has 4 bridgehead atoms. The Morgan fingerprint density at radius 1 is 1.00 bits per heavy atom. The molecule has 182 valence electrons. The Kier molecular flexibility index (Phi) is 7.06. The van der Waals surface area contributed by atoms with Gasteiger partial charge in [-0.2, -0.15) is 13.1 Å². The average molecular weight is 478 g/mol. The maximum Gasteiger partial charge on any atom is 0.415 e. The van der Waals surface area contributed by atoms with Crippen molar-refractivity contribution in [1.82, 2.24) is 0 Å². The quantitative estimate of drug-likeness (QED) is 0.213. The topological polar surface area (TPSA) is 94.1 Å². The van der Waals surface area contributed by atoms with Crippen LogP contribution in [0.25, 0.3) is 0 Å². The highest BCUT2D eigenvalue weighted by Gasteiger charge is 2.59. The van der Waals surface area contributed by atoms with Crippen molar-refractivity contribution in [2.24, 2.45) is 34.5 Å². The van der Waals surface area contributed by atoms with Gasteiger partial charge in [0.25, 0.3) is 0 Å². The summed E-state index contributed by atoms with van der Waals surface area (Å²) >= 11 is -0.672. The lowest BCUT2D eigenvalue weighted by molar-refractivity contribution is -0.777. The van der Waals surface area contributed by atoms with Crippen LogP contribution in [0.5, 0.6) is 0 Å². The van der Waals surface area contributed by atoms with E-state index in [1.165, 1.54) is 0 Å². The van der Waals surface area contributed by atoms with Gasteiger partial charge < -0.3 is 14.7 Å². The summed E-state index contributed by atoms with van der Waals surface area (Å²) in [7, 11) is 0. The van der Waals surface area contributed by atoms with Crippen LogP contribution < -0.4 is 5.26 Å². The molecule has 2 atom stereocenters. The van der Waals surface area contributed by atoms with Gasteiger partial charge in [0.05, 0.1) is 19.1 Å². The summed E-state index contributed by atoms with van der Waals surface area (Å²) in [5.74, 6) is -0.356. The molecule has 0 amide bonds. The van der Waals surface area contributed by atoms with Gasteiger partial charge in [0.2, 0.25) is 0 Å². The summed E-state index contributed by atoms with van der Waals surface area (Å²) in [5, 5.41) is 8.65. The minimum Gasteiger partial charge on any atom is -0.691 e. The number of rotatable bonds is 9. The fraction of sp³-hybridized carbons (Fsp3) is 0.909. The van der Waals surface area contributed by atoms with Gasteiger partial charge in [-0.25, -0.2) is 4.79 Å². The van der Waals surface area contributed by atoms with Crippen LogP contribution in [0.2, 0.25) is 0 Å². The first kappa shape index (κ1) is 24.2. The van der Waals surface area contributed by atoms with Crippen LogP contribution in [0.3, 0.4) is 0 Å². The highest BCUT2D eigenvalue weighted by atomic mass is 32.2. The Morgan fingerprint density at radius 3 is 2.12 bits per heavy atom. The Morgan fingerprint density at radius 2 is 1.56 bits per heavy atom. The van der Waals surface area contributed by atoms with Crippen molar-refractivity contribution in [3.05, 3.63) is 0 Å². The van der Waals surface area contributed by atoms with Crippen molar-refractivity contribution in [2.75, 3.05) is 13.2 Å². The molecule has 0 aromatic carbocycles. The Hall–Kier alpha value is -0.970. The molecule has 5 aliphatic carbocycles. The fourth-order valence-electron chi connectivity index (χ4n) is 7.22.